The van der Waals surface area contributed by atoms with Crippen molar-refractivity contribution in [2.45, 2.75) is 0 Å². The standard InChI is InChI=1S/C11H4BrClF2OS/c12-10-1-5(4-17-10)11(16)6-2-8(14)9(15)3-7(6)13/h1-4H. The third-order valence-electron chi connectivity index (χ3n) is 2.08. The zero-order valence-electron chi connectivity index (χ0n) is 8.14. The van der Waals surface area contributed by atoms with Crippen LogP contribution in [0, 0.1) is 11.6 Å². The lowest BCUT2D eigenvalue weighted by Gasteiger charge is -2.02. The third kappa shape index (κ3) is 2.56. The average Bonchev–Trinajstić information content (AvgIpc) is 2.69. The van der Waals surface area contributed by atoms with Gasteiger partial charge in [-0.15, -0.1) is 11.3 Å². The molecule has 0 saturated heterocycles. The highest BCUT2D eigenvalue weighted by atomic mass is 79.9. The molecule has 0 unspecified atom stereocenters. The second kappa shape index (κ2) is 4.84. The summed E-state index contributed by atoms with van der Waals surface area (Å²) in [6.07, 6.45) is 0. The number of hydrogen-bond donors (Lipinski definition) is 0. The molecule has 0 bridgehead atoms. The van der Waals surface area contributed by atoms with Crippen LogP contribution < -0.4 is 0 Å². The molecule has 2 rings (SSSR count). The monoisotopic (exact) mass is 336 g/mol. The van der Waals surface area contributed by atoms with Crippen LogP contribution >= 0.6 is 38.9 Å². The van der Waals surface area contributed by atoms with E-state index in [9.17, 15) is 13.6 Å². The predicted molar refractivity (Wildman–Crippen MR) is 66.8 cm³/mol. The number of carbonyl (C=O) groups excluding carboxylic acids is 1. The van der Waals surface area contributed by atoms with Crippen LogP contribution in [0.15, 0.2) is 27.4 Å². The molecule has 0 fully saturated rings. The van der Waals surface area contributed by atoms with Gasteiger partial charge in [-0.3, -0.25) is 4.79 Å². The molecule has 88 valence electrons. The number of halogens is 4. The van der Waals surface area contributed by atoms with Gasteiger partial charge in [0.05, 0.1) is 8.81 Å². The zero-order chi connectivity index (χ0) is 12.6. The first-order valence-electron chi connectivity index (χ1n) is 4.42. The van der Waals surface area contributed by atoms with Crippen LogP contribution in [0.5, 0.6) is 0 Å². The Kier molecular flexibility index (Phi) is 3.61. The molecular formula is C11H4BrClF2OS. The Bertz CT molecular complexity index is 597. The maximum absolute atomic E-state index is 13.0. The summed E-state index contributed by atoms with van der Waals surface area (Å²) in [4.78, 5) is 12.0. The van der Waals surface area contributed by atoms with Crippen molar-refractivity contribution in [2.75, 3.05) is 0 Å². The fourth-order valence-corrected chi connectivity index (χ4v) is 2.65. The second-order valence-corrected chi connectivity index (χ2v) is 5.91. The Balaban J connectivity index is 2.47. The van der Waals surface area contributed by atoms with E-state index in [1.165, 1.54) is 11.3 Å². The van der Waals surface area contributed by atoms with Gasteiger partial charge in [0.15, 0.2) is 17.4 Å². The first-order valence-corrected chi connectivity index (χ1v) is 6.47. The predicted octanol–water partition coefficient (Wildman–Crippen LogP) is 4.67. The summed E-state index contributed by atoms with van der Waals surface area (Å²) >= 11 is 10.3. The van der Waals surface area contributed by atoms with Crippen LogP contribution in [-0.4, -0.2) is 5.78 Å². The van der Waals surface area contributed by atoms with E-state index in [2.05, 4.69) is 15.9 Å². The van der Waals surface area contributed by atoms with Crippen LogP contribution in [0.3, 0.4) is 0 Å². The van der Waals surface area contributed by atoms with Crippen molar-refractivity contribution < 1.29 is 13.6 Å². The Hall–Kier alpha value is -0.780. The SMILES string of the molecule is O=C(c1csc(Br)c1)c1cc(F)c(F)cc1Cl. The minimum atomic E-state index is -1.09. The van der Waals surface area contributed by atoms with Crippen LogP contribution in [0.25, 0.3) is 0 Å². The molecule has 0 amide bonds. The zero-order valence-corrected chi connectivity index (χ0v) is 11.3. The van der Waals surface area contributed by atoms with E-state index in [-0.39, 0.29) is 10.6 Å². The van der Waals surface area contributed by atoms with Crippen molar-refractivity contribution in [3.8, 4) is 0 Å². The maximum atomic E-state index is 13.0. The largest absolute Gasteiger partial charge is 0.289 e. The van der Waals surface area contributed by atoms with E-state index in [1.807, 2.05) is 0 Å². The first kappa shape index (κ1) is 12.7. The van der Waals surface area contributed by atoms with E-state index < -0.39 is 17.4 Å². The van der Waals surface area contributed by atoms with Gasteiger partial charge in [-0.1, -0.05) is 11.6 Å². The molecular weight excluding hydrogens is 334 g/mol. The molecule has 17 heavy (non-hydrogen) atoms. The molecule has 1 aromatic heterocycles. The fraction of sp³-hybridized carbons (Fsp3) is 0. The summed E-state index contributed by atoms with van der Waals surface area (Å²) in [5, 5.41) is 1.51. The molecule has 0 atom stereocenters. The fourth-order valence-electron chi connectivity index (χ4n) is 1.28. The lowest BCUT2D eigenvalue weighted by molar-refractivity contribution is 0.103. The van der Waals surface area contributed by atoms with Gasteiger partial charge in [-0.25, -0.2) is 8.78 Å². The van der Waals surface area contributed by atoms with Gasteiger partial charge in [0.25, 0.3) is 0 Å². The molecule has 1 nitrogen and oxygen atoms in total. The highest BCUT2D eigenvalue weighted by Crippen LogP contribution is 2.26. The first-order chi connectivity index (χ1) is 7.99. The smallest absolute Gasteiger partial charge is 0.195 e. The number of carbonyl (C=O) groups is 1. The molecule has 1 aromatic carbocycles. The molecule has 2 aromatic rings. The molecule has 1 heterocycles. The summed E-state index contributed by atoms with van der Waals surface area (Å²) < 4.78 is 26.7. The number of hydrogen-bond acceptors (Lipinski definition) is 2. The molecule has 6 heteroatoms. The minimum absolute atomic E-state index is 0.0455. The van der Waals surface area contributed by atoms with Crippen molar-refractivity contribution >= 4 is 44.7 Å². The van der Waals surface area contributed by atoms with Crippen molar-refractivity contribution in [3.63, 3.8) is 0 Å². The van der Waals surface area contributed by atoms with Gasteiger partial charge < -0.3 is 0 Å². The summed E-state index contributed by atoms with van der Waals surface area (Å²) in [5.41, 5.74) is 0.339. The Morgan fingerprint density at radius 2 is 1.88 bits per heavy atom. The van der Waals surface area contributed by atoms with E-state index in [4.69, 9.17) is 11.6 Å². The molecule has 0 saturated carbocycles. The average molecular weight is 338 g/mol. The number of thiophene rings is 1. The molecule has 0 aliphatic rings. The molecule has 0 spiro atoms. The summed E-state index contributed by atoms with van der Waals surface area (Å²) in [5.74, 6) is -2.60. The van der Waals surface area contributed by atoms with Gasteiger partial charge in [-0.2, -0.15) is 0 Å². The second-order valence-electron chi connectivity index (χ2n) is 3.21. The summed E-state index contributed by atoms with van der Waals surface area (Å²) in [7, 11) is 0. The van der Waals surface area contributed by atoms with Gasteiger partial charge in [0.1, 0.15) is 0 Å². The lowest BCUT2D eigenvalue weighted by Crippen LogP contribution is -2.02. The highest BCUT2D eigenvalue weighted by Gasteiger charge is 2.17. The number of benzene rings is 1. The van der Waals surface area contributed by atoms with Gasteiger partial charge in [-0.05, 0) is 34.1 Å². The minimum Gasteiger partial charge on any atom is -0.289 e. The van der Waals surface area contributed by atoms with Crippen molar-refractivity contribution in [2.24, 2.45) is 0 Å². The molecule has 0 N–H and O–H groups in total. The lowest BCUT2D eigenvalue weighted by atomic mass is 10.1. The van der Waals surface area contributed by atoms with Crippen LogP contribution in [-0.2, 0) is 0 Å². The Morgan fingerprint density at radius 3 is 2.47 bits per heavy atom. The van der Waals surface area contributed by atoms with Crippen molar-refractivity contribution in [1.82, 2.24) is 0 Å². The summed E-state index contributed by atoms with van der Waals surface area (Å²) in [6, 6.07) is 3.21. The molecule has 0 radical (unpaired) electrons. The van der Waals surface area contributed by atoms with E-state index >= 15 is 0 Å². The maximum Gasteiger partial charge on any atom is 0.195 e. The van der Waals surface area contributed by atoms with Gasteiger partial charge >= 0.3 is 0 Å². The third-order valence-corrected chi connectivity index (χ3v) is 3.90. The normalized spacial score (nSPS) is 10.6. The number of ketones is 1. The number of rotatable bonds is 2. The van der Waals surface area contributed by atoms with Crippen molar-refractivity contribution in [1.29, 1.82) is 0 Å². The van der Waals surface area contributed by atoms with Gasteiger partial charge in [0.2, 0.25) is 0 Å². The van der Waals surface area contributed by atoms with Crippen molar-refractivity contribution in [3.05, 3.63) is 55.1 Å². The molecule has 0 aliphatic carbocycles. The van der Waals surface area contributed by atoms with E-state index in [0.717, 1.165) is 15.9 Å². The van der Waals surface area contributed by atoms with E-state index in [1.54, 1.807) is 11.4 Å². The summed E-state index contributed by atoms with van der Waals surface area (Å²) in [6.45, 7) is 0. The molecule has 0 aliphatic heterocycles. The van der Waals surface area contributed by atoms with Crippen LogP contribution in [0.1, 0.15) is 15.9 Å². The topological polar surface area (TPSA) is 17.1 Å². The van der Waals surface area contributed by atoms with Gasteiger partial charge in [0, 0.05) is 16.5 Å². The Labute approximate surface area is 113 Å². The van der Waals surface area contributed by atoms with Crippen LogP contribution in [0.2, 0.25) is 5.02 Å². The quantitative estimate of drug-likeness (QED) is 0.575. The van der Waals surface area contributed by atoms with E-state index in [0.29, 0.717) is 5.56 Å². The van der Waals surface area contributed by atoms with Crippen LogP contribution in [0.4, 0.5) is 8.78 Å². The highest BCUT2D eigenvalue weighted by molar-refractivity contribution is 9.11. The Morgan fingerprint density at radius 1 is 1.24 bits per heavy atom.